The normalized spacial score (nSPS) is 17.1. The average Bonchev–Trinajstić information content (AvgIpc) is 3.64. The molecule has 1 aliphatic carbocycles. The third-order valence-corrected chi connectivity index (χ3v) is 9.24. The van der Waals surface area contributed by atoms with Crippen molar-refractivity contribution in [1.29, 1.82) is 0 Å². The molecule has 2 aliphatic rings. The van der Waals surface area contributed by atoms with Crippen molar-refractivity contribution in [3.8, 4) is 22.3 Å². The summed E-state index contributed by atoms with van der Waals surface area (Å²) in [6.45, 7) is 0. The first kappa shape index (κ1) is 24.9. The second kappa shape index (κ2) is 10.00. The van der Waals surface area contributed by atoms with Gasteiger partial charge in [-0.15, -0.1) is 0 Å². The first-order chi connectivity index (χ1) is 21.8. The van der Waals surface area contributed by atoms with E-state index in [0.29, 0.717) is 0 Å². The molecule has 0 bridgehead atoms. The largest absolute Gasteiger partial charge is 0.456 e. The van der Waals surface area contributed by atoms with E-state index in [9.17, 15) is 0 Å². The number of allylic oxidation sites excluding steroid dienone is 2. The second-order valence-electron chi connectivity index (χ2n) is 11.7. The summed E-state index contributed by atoms with van der Waals surface area (Å²) in [5.41, 5.74) is 13.1. The molecule has 0 amide bonds. The van der Waals surface area contributed by atoms with Crippen molar-refractivity contribution in [2.75, 3.05) is 4.90 Å². The molecular weight excluding hydrogens is 534 g/mol. The Hall–Kier alpha value is -5.60. The Kier molecular flexibility index (Phi) is 5.67. The van der Waals surface area contributed by atoms with Gasteiger partial charge in [0.05, 0.1) is 6.04 Å². The minimum absolute atomic E-state index is 0.215. The quantitative estimate of drug-likeness (QED) is 0.212. The van der Waals surface area contributed by atoms with E-state index in [4.69, 9.17) is 4.42 Å². The van der Waals surface area contributed by atoms with E-state index in [2.05, 4.69) is 163 Å². The van der Waals surface area contributed by atoms with E-state index >= 15 is 0 Å². The fraction of sp³-hybridized carbons (Fsp3) is 0.0476. The Balaban J connectivity index is 1.06. The molecule has 2 unspecified atom stereocenters. The van der Waals surface area contributed by atoms with Gasteiger partial charge in [0.15, 0.2) is 0 Å². The molecule has 0 spiro atoms. The Bertz CT molecular complexity index is 2220. The molecule has 7 aromatic rings. The van der Waals surface area contributed by atoms with Gasteiger partial charge in [0, 0.05) is 28.1 Å². The van der Waals surface area contributed by atoms with Crippen LogP contribution < -0.4 is 4.90 Å². The third kappa shape index (κ3) is 3.95. The number of hydrogen-bond donors (Lipinski definition) is 0. The van der Waals surface area contributed by atoms with Crippen LogP contribution in [0.4, 0.5) is 11.4 Å². The molecule has 208 valence electrons. The molecule has 0 fully saturated rings. The van der Waals surface area contributed by atoms with Crippen LogP contribution in [0.15, 0.2) is 168 Å². The summed E-state index contributed by atoms with van der Waals surface area (Å²) in [4.78, 5) is 2.50. The smallest absolute Gasteiger partial charge is 0.136 e. The monoisotopic (exact) mass is 563 g/mol. The predicted molar refractivity (Wildman–Crippen MR) is 183 cm³/mol. The van der Waals surface area contributed by atoms with Gasteiger partial charge in [-0.1, -0.05) is 133 Å². The molecule has 2 heterocycles. The summed E-state index contributed by atoms with van der Waals surface area (Å²) in [6.07, 6.45) is 7.15. The van der Waals surface area contributed by atoms with Gasteiger partial charge in [-0.25, -0.2) is 0 Å². The summed E-state index contributed by atoms with van der Waals surface area (Å²) in [6, 6.07) is 52.3. The molecule has 0 radical (unpaired) electrons. The van der Waals surface area contributed by atoms with Gasteiger partial charge >= 0.3 is 0 Å². The first-order valence-electron chi connectivity index (χ1n) is 15.3. The maximum absolute atomic E-state index is 6.21. The second-order valence-corrected chi connectivity index (χ2v) is 11.7. The van der Waals surface area contributed by atoms with Crippen molar-refractivity contribution in [2.45, 2.75) is 12.0 Å². The third-order valence-electron chi connectivity index (χ3n) is 9.24. The first-order valence-corrected chi connectivity index (χ1v) is 15.3. The maximum Gasteiger partial charge on any atom is 0.136 e. The van der Waals surface area contributed by atoms with Crippen LogP contribution in [0.3, 0.4) is 0 Å². The van der Waals surface area contributed by atoms with Crippen LogP contribution in [0.25, 0.3) is 49.8 Å². The van der Waals surface area contributed by atoms with Crippen molar-refractivity contribution >= 4 is 38.9 Å². The standard InChI is InChI=1S/C42H29NO/c1-2-9-28(10-3-1)29-17-19-30(20-18-29)31-21-24-33(25-22-31)43-38-14-6-4-11-35(38)37-27-32(23-26-39(37)43)34-13-8-16-41-42(34)36-12-5-7-15-40(36)44-41/h1-27,37,39H. The van der Waals surface area contributed by atoms with E-state index in [1.807, 2.05) is 6.07 Å². The van der Waals surface area contributed by atoms with Gasteiger partial charge in [-0.3, -0.25) is 0 Å². The molecule has 2 heteroatoms. The number of para-hydroxylation sites is 2. The van der Waals surface area contributed by atoms with Crippen molar-refractivity contribution in [3.63, 3.8) is 0 Å². The molecule has 1 aromatic heterocycles. The van der Waals surface area contributed by atoms with Gasteiger partial charge in [0.1, 0.15) is 11.2 Å². The van der Waals surface area contributed by atoms with Crippen LogP contribution in [0, 0.1) is 0 Å². The molecule has 2 nitrogen and oxygen atoms in total. The fourth-order valence-electron chi connectivity index (χ4n) is 7.15. The lowest BCUT2D eigenvalue weighted by molar-refractivity contribution is 0.669. The number of hydrogen-bond acceptors (Lipinski definition) is 2. The minimum atomic E-state index is 0.215. The van der Waals surface area contributed by atoms with Gasteiger partial charge in [0.2, 0.25) is 0 Å². The highest BCUT2D eigenvalue weighted by atomic mass is 16.3. The lowest BCUT2D eigenvalue weighted by Gasteiger charge is -2.30. The Morgan fingerprint density at radius 2 is 1.16 bits per heavy atom. The highest BCUT2D eigenvalue weighted by molar-refractivity contribution is 6.11. The van der Waals surface area contributed by atoms with Gasteiger partial charge in [0.25, 0.3) is 0 Å². The van der Waals surface area contributed by atoms with Crippen molar-refractivity contribution in [3.05, 3.63) is 175 Å². The van der Waals surface area contributed by atoms with Gasteiger partial charge < -0.3 is 9.32 Å². The lowest BCUT2D eigenvalue weighted by atomic mass is 9.85. The minimum Gasteiger partial charge on any atom is -0.456 e. The molecule has 44 heavy (non-hydrogen) atoms. The molecule has 2 atom stereocenters. The summed E-state index contributed by atoms with van der Waals surface area (Å²) < 4.78 is 6.21. The van der Waals surface area contributed by atoms with Crippen molar-refractivity contribution < 1.29 is 4.42 Å². The zero-order chi connectivity index (χ0) is 29.0. The van der Waals surface area contributed by atoms with E-state index < -0.39 is 0 Å². The van der Waals surface area contributed by atoms with E-state index in [1.54, 1.807) is 0 Å². The van der Waals surface area contributed by atoms with Crippen LogP contribution in [-0.2, 0) is 0 Å². The number of benzene rings is 6. The average molecular weight is 564 g/mol. The predicted octanol–water partition coefficient (Wildman–Crippen LogP) is 11.2. The highest BCUT2D eigenvalue weighted by Crippen LogP contribution is 2.50. The van der Waals surface area contributed by atoms with Crippen LogP contribution in [0.1, 0.15) is 17.0 Å². The number of rotatable bonds is 4. The fourth-order valence-corrected chi connectivity index (χ4v) is 7.15. The molecule has 9 rings (SSSR count). The highest BCUT2D eigenvalue weighted by Gasteiger charge is 2.38. The van der Waals surface area contributed by atoms with Gasteiger partial charge in [-0.2, -0.15) is 0 Å². The zero-order valence-electron chi connectivity index (χ0n) is 24.1. The summed E-state index contributed by atoms with van der Waals surface area (Å²) in [7, 11) is 0. The number of anilines is 2. The molecule has 0 saturated carbocycles. The lowest BCUT2D eigenvalue weighted by Crippen LogP contribution is -2.28. The maximum atomic E-state index is 6.21. The van der Waals surface area contributed by atoms with Crippen LogP contribution in [-0.4, -0.2) is 6.04 Å². The summed E-state index contributed by atoms with van der Waals surface area (Å²) in [5.74, 6) is 0.254. The SMILES string of the molecule is C1=CC2C(C=C1c1cccc3oc4ccccc4c13)c1ccccc1N2c1ccc(-c2ccc(-c3ccccc3)cc2)cc1. The van der Waals surface area contributed by atoms with E-state index in [-0.39, 0.29) is 12.0 Å². The molecule has 6 aromatic carbocycles. The molecular formula is C42H29NO. The number of fused-ring (bicyclic) bond motifs is 6. The van der Waals surface area contributed by atoms with Crippen molar-refractivity contribution in [1.82, 2.24) is 0 Å². The van der Waals surface area contributed by atoms with E-state index in [0.717, 1.165) is 16.6 Å². The molecule has 0 saturated heterocycles. The van der Waals surface area contributed by atoms with Crippen molar-refractivity contribution in [2.24, 2.45) is 0 Å². The van der Waals surface area contributed by atoms with Gasteiger partial charge in [-0.05, 0) is 69.3 Å². The van der Waals surface area contributed by atoms with Crippen LogP contribution in [0.2, 0.25) is 0 Å². The summed E-state index contributed by atoms with van der Waals surface area (Å²) in [5, 5.41) is 2.35. The zero-order valence-corrected chi connectivity index (χ0v) is 24.1. The molecule has 0 N–H and O–H groups in total. The van der Waals surface area contributed by atoms with Crippen LogP contribution in [0.5, 0.6) is 0 Å². The Labute approximate surface area is 256 Å². The number of furan rings is 1. The number of nitrogens with zero attached hydrogens (tertiary/aromatic N) is 1. The summed E-state index contributed by atoms with van der Waals surface area (Å²) >= 11 is 0. The van der Waals surface area contributed by atoms with Crippen LogP contribution >= 0.6 is 0 Å². The Morgan fingerprint density at radius 1 is 0.523 bits per heavy atom. The topological polar surface area (TPSA) is 16.4 Å². The Morgan fingerprint density at radius 3 is 1.95 bits per heavy atom. The molecule has 1 aliphatic heterocycles. The van der Waals surface area contributed by atoms with E-state index in [1.165, 1.54) is 55.7 Å².